The van der Waals surface area contributed by atoms with Crippen LogP contribution in [0.15, 0.2) is 29.6 Å². The summed E-state index contributed by atoms with van der Waals surface area (Å²) in [5.41, 5.74) is 0.924. The van der Waals surface area contributed by atoms with Gasteiger partial charge in [-0.15, -0.1) is 16.4 Å². The van der Waals surface area contributed by atoms with Crippen LogP contribution in [-0.4, -0.2) is 68.8 Å². The van der Waals surface area contributed by atoms with E-state index in [4.69, 9.17) is 0 Å². The van der Waals surface area contributed by atoms with Crippen LogP contribution in [-0.2, 0) is 20.8 Å². The van der Waals surface area contributed by atoms with E-state index in [1.807, 2.05) is 6.07 Å². The second kappa shape index (κ2) is 12.0. The highest BCUT2D eigenvalue weighted by atomic mass is 32.1. The quantitative estimate of drug-likeness (QED) is 0.390. The molecule has 14 heteroatoms. The topological polar surface area (TPSA) is 121 Å². The largest absolute Gasteiger partial charge is 0.452 e. The Kier molecular flexibility index (Phi) is 8.88. The molecule has 0 saturated carbocycles. The van der Waals surface area contributed by atoms with E-state index >= 15 is 0 Å². The predicted octanol–water partition coefficient (Wildman–Crippen LogP) is 3.67. The lowest BCUT2D eigenvalue weighted by Gasteiger charge is -2.31. The normalized spacial score (nSPS) is 17.2. The molecule has 9 nitrogen and oxygen atoms in total. The van der Waals surface area contributed by atoms with Gasteiger partial charge in [0.05, 0.1) is 5.69 Å². The molecule has 1 aliphatic heterocycles. The zero-order valence-corrected chi connectivity index (χ0v) is 23.6. The summed E-state index contributed by atoms with van der Waals surface area (Å²) in [6.07, 6.45) is -4.86. The summed E-state index contributed by atoms with van der Waals surface area (Å²) in [4.78, 5) is 53.5. The molecule has 40 heavy (non-hydrogen) atoms. The SMILES string of the molecule is Cc1nnsc1C(=O)N[C@H](C(=O)N1CCC[C@H]1C(=O)NC(Cc1csc2ccccc12)C(=O)C(F)(F)F)C(C)C. The molecule has 1 aliphatic rings. The first-order valence-corrected chi connectivity index (χ1v) is 14.3. The minimum absolute atomic E-state index is 0.185. The second-order valence-corrected chi connectivity index (χ2v) is 11.6. The molecule has 0 aliphatic carbocycles. The summed E-state index contributed by atoms with van der Waals surface area (Å²) in [6.45, 7) is 5.26. The first kappa shape index (κ1) is 29.6. The number of carbonyl (C=O) groups excluding carboxylic acids is 4. The van der Waals surface area contributed by atoms with Gasteiger partial charge in [0.2, 0.25) is 11.8 Å². The van der Waals surface area contributed by atoms with E-state index in [0.717, 1.165) is 16.2 Å². The van der Waals surface area contributed by atoms with Gasteiger partial charge in [0, 0.05) is 17.7 Å². The fraction of sp³-hybridized carbons (Fsp3) is 0.462. The number of ketones is 1. The van der Waals surface area contributed by atoms with E-state index in [2.05, 4.69) is 20.2 Å². The van der Waals surface area contributed by atoms with Gasteiger partial charge < -0.3 is 15.5 Å². The van der Waals surface area contributed by atoms with E-state index in [0.29, 0.717) is 23.1 Å². The number of Topliss-reactive ketones (excluding diaryl/α,β-unsaturated/α-hetero) is 1. The van der Waals surface area contributed by atoms with Crippen molar-refractivity contribution in [1.29, 1.82) is 0 Å². The van der Waals surface area contributed by atoms with Crippen LogP contribution in [0.1, 0.15) is 47.6 Å². The highest BCUT2D eigenvalue weighted by Crippen LogP contribution is 2.29. The lowest BCUT2D eigenvalue weighted by Crippen LogP contribution is -2.57. The molecule has 3 atom stereocenters. The molecule has 4 rings (SSSR count). The molecule has 0 radical (unpaired) electrons. The summed E-state index contributed by atoms with van der Waals surface area (Å²) in [5.74, 6) is -4.32. The van der Waals surface area contributed by atoms with Crippen molar-refractivity contribution in [2.24, 2.45) is 5.92 Å². The molecule has 0 bridgehead atoms. The third kappa shape index (κ3) is 6.33. The number of aromatic nitrogens is 2. The fourth-order valence-electron chi connectivity index (χ4n) is 4.73. The monoisotopic (exact) mass is 595 g/mol. The first-order chi connectivity index (χ1) is 18.9. The summed E-state index contributed by atoms with van der Waals surface area (Å²) >= 11 is 2.22. The highest BCUT2D eigenvalue weighted by molar-refractivity contribution is 7.17. The number of amides is 3. The van der Waals surface area contributed by atoms with E-state index in [9.17, 15) is 32.3 Å². The van der Waals surface area contributed by atoms with Crippen LogP contribution < -0.4 is 10.6 Å². The molecule has 2 N–H and O–H groups in total. The number of fused-ring (bicyclic) bond motifs is 1. The number of likely N-dealkylation sites (tertiary alicyclic amines) is 1. The predicted molar refractivity (Wildman–Crippen MR) is 144 cm³/mol. The molecule has 3 amide bonds. The van der Waals surface area contributed by atoms with Crippen LogP contribution in [0.2, 0.25) is 0 Å². The van der Waals surface area contributed by atoms with Gasteiger partial charge in [-0.05, 0) is 59.6 Å². The summed E-state index contributed by atoms with van der Waals surface area (Å²) in [6, 6.07) is 3.19. The Morgan fingerprint density at radius 1 is 1.15 bits per heavy atom. The van der Waals surface area contributed by atoms with Gasteiger partial charge in [0.1, 0.15) is 23.0 Å². The van der Waals surface area contributed by atoms with Crippen molar-refractivity contribution < 1.29 is 32.3 Å². The van der Waals surface area contributed by atoms with Gasteiger partial charge in [-0.25, -0.2) is 0 Å². The summed E-state index contributed by atoms with van der Waals surface area (Å²) < 4.78 is 45.2. The highest BCUT2D eigenvalue weighted by Gasteiger charge is 2.46. The summed E-state index contributed by atoms with van der Waals surface area (Å²) in [5, 5.41) is 11.2. The molecule has 3 heterocycles. The van der Waals surface area contributed by atoms with E-state index in [1.165, 1.54) is 16.2 Å². The second-order valence-electron chi connectivity index (χ2n) is 9.96. The smallest absolute Gasteiger partial charge is 0.344 e. The van der Waals surface area contributed by atoms with E-state index in [-0.39, 0.29) is 30.2 Å². The van der Waals surface area contributed by atoms with Gasteiger partial charge in [-0.1, -0.05) is 36.5 Å². The Bertz CT molecular complexity index is 1420. The Hall–Kier alpha value is -3.39. The Balaban J connectivity index is 1.52. The number of nitrogens with one attached hydrogen (secondary N) is 2. The lowest BCUT2D eigenvalue weighted by molar-refractivity contribution is -0.173. The van der Waals surface area contributed by atoms with Gasteiger partial charge in [-0.2, -0.15) is 13.2 Å². The number of hydrogen-bond acceptors (Lipinski definition) is 8. The average Bonchev–Trinajstić information content (AvgIpc) is 3.65. The van der Waals surface area contributed by atoms with Crippen LogP contribution in [0.25, 0.3) is 10.1 Å². The minimum Gasteiger partial charge on any atom is -0.344 e. The number of aryl methyl sites for hydroxylation is 1. The Morgan fingerprint density at radius 2 is 1.88 bits per heavy atom. The van der Waals surface area contributed by atoms with Crippen molar-refractivity contribution in [3.05, 3.63) is 45.8 Å². The molecule has 214 valence electrons. The van der Waals surface area contributed by atoms with E-state index in [1.54, 1.807) is 44.4 Å². The van der Waals surface area contributed by atoms with Gasteiger partial charge in [-0.3, -0.25) is 19.2 Å². The van der Waals surface area contributed by atoms with Gasteiger partial charge >= 0.3 is 6.18 Å². The fourth-order valence-corrected chi connectivity index (χ4v) is 6.26. The standard InChI is InChI=1S/C26H28F3N5O4S2/c1-13(2)20(31-24(37)21-14(3)32-33-40-21)25(38)34-10-6-8-18(34)23(36)30-17(22(35)26(27,28)29)11-15-12-39-19-9-5-4-7-16(15)19/h4-5,7,9,12-13,17-18,20H,6,8,10-11H2,1-3H3,(H,30,36)(H,31,37)/t17?,18-,20-/m0/s1. The maximum absolute atomic E-state index is 13.5. The van der Waals surface area contributed by atoms with Crippen molar-refractivity contribution in [3.8, 4) is 0 Å². The number of nitrogens with zero attached hydrogens (tertiary/aromatic N) is 3. The van der Waals surface area contributed by atoms with Crippen molar-refractivity contribution >= 4 is 56.5 Å². The average molecular weight is 596 g/mol. The maximum Gasteiger partial charge on any atom is 0.452 e. The number of alkyl halides is 3. The van der Waals surface area contributed by atoms with Crippen LogP contribution in [0.4, 0.5) is 13.2 Å². The summed E-state index contributed by atoms with van der Waals surface area (Å²) in [7, 11) is 0. The Labute approximate surface area is 236 Å². The van der Waals surface area contributed by atoms with Crippen LogP contribution >= 0.6 is 22.9 Å². The maximum atomic E-state index is 13.5. The number of halogens is 3. The van der Waals surface area contributed by atoms with Crippen LogP contribution in [0.3, 0.4) is 0 Å². The number of benzene rings is 1. The Morgan fingerprint density at radius 3 is 2.52 bits per heavy atom. The number of hydrogen-bond donors (Lipinski definition) is 2. The molecule has 1 aromatic carbocycles. The lowest BCUT2D eigenvalue weighted by atomic mass is 10.00. The third-order valence-electron chi connectivity index (χ3n) is 6.81. The molecule has 1 saturated heterocycles. The minimum atomic E-state index is -5.16. The van der Waals surface area contributed by atoms with Crippen LogP contribution in [0.5, 0.6) is 0 Å². The molecule has 1 unspecified atom stereocenters. The van der Waals surface area contributed by atoms with Crippen molar-refractivity contribution in [2.45, 2.75) is 64.3 Å². The molecule has 1 fully saturated rings. The number of thiophene rings is 1. The van der Waals surface area contributed by atoms with E-state index < -0.39 is 47.8 Å². The molecule has 3 aromatic rings. The van der Waals surface area contributed by atoms with Crippen molar-refractivity contribution in [2.75, 3.05) is 6.54 Å². The molecular formula is C26H28F3N5O4S2. The van der Waals surface area contributed by atoms with Crippen molar-refractivity contribution in [3.63, 3.8) is 0 Å². The number of rotatable bonds is 9. The molecule has 2 aromatic heterocycles. The van der Waals surface area contributed by atoms with Gasteiger partial charge in [0.25, 0.3) is 11.7 Å². The first-order valence-electron chi connectivity index (χ1n) is 12.6. The van der Waals surface area contributed by atoms with Crippen LogP contribution in [0, 0.1) is 12.8 Å². The molecular weight excluding hydrogens is 567 g/mol. The molecule has 0 spiro atoms. The zero-order chi connectivity index (χ0) is 29.2. The van der Waals surface area contributed by atoms with Gasteiger partial charge in [0.15, 0.2) is 0 Å². The van der Waals surface area contributed by atoms with Crippen molar-refractivity contribution in [1.82, 2.24) is 25.1 Å². The number of carbonyl (C=O) groups is 4. The zero-order valence-electron chi connectivity index (χ0n) is 21.9. The third-order valence-corrected chi connectivity index (χ3v) is 8.65.